The van der Waals surface area contributed by atoms with Crippen molar-refractivity contribution in [3.8, 4) is 17.9 Å². The minimum Gasteiger partial charge on any atom is -0.468 e. The molecule has 7 heteroatoms. The van der Waals surface area contributed by atoms with Gasteiger partial charge >= 0.3 is 5.69 Å². The first kappa shape index (κ1) is 13.2. The molecule has 0 saturated carbocycles. The lowest BCUT2D eigenvalue weighted by Crippen LogP contribution is -2.11. The van der Waals surface area contributed by atoms with Crippen LogP contribution in [0.15, 0.2) is 12.1 Å². The monoisotopic (exact) mass is 343 g/mol. The van der Waals surface area contributed by atoms with Crippen molar-refractivity contribution in [3.05, 3.63) is 31.4 Å². The van der Waals surface area contributed by atoms with Crippen LogP contribution >= 0.6 is 22.6 Å². The molecular formula is C10H6IN3O3. The summed E-state index contributed by atoms with van der Waals surface area (Å²) >= 11 is 1.83. The lowest BCUT2D eigenvalue weighted by molar-refractivity contribution is -0.386. The van der Waals surface area contributed by atoms with Crippen molar-refractivity contribution >= 4 is 28.3 Å². The van der Waals surface area contributed by atoms with E-state index < -0.39 is 11.0 Å². The third-order valence-corrected chi connectivity index (χ3v) is 2.63. The zero-order valence-electron chi connectivity index (χ0n) is 8.68. The van der Waals surface area contributed by atoms with Gasteiger partial charge in [-0.15, -0.1) is 0 Å². The molecule has 0 aliphatic carbocycles. The van der Waals surface area contributed by atoms with Crippen LogP contribution in [0.4, 0.5) is 5.69 Å². The summed E-state index contributed by atoms with van der Waals surface area (Å²) in [6, 6.07) is 6.24. The second kappa shape index (κ2) is 5.46. The van der Waals surface area contributed by atoms with E-state index in [2.05, 4.69) is 0 Å². The van der Waals surface area contributed by atoms with Crippen molar-refractivity contribution in [1.29, 1.82) is 10.5 Å². The number of halogens is 1. The Morgan fingerprint density at radius 3 is 2.65 bits per heavy atom. The Morgan fingerprint density at radius 1 is 1.53 bits per heavy atom. The van der Waals surface area contributed by atoms with Crippen LogP contribution in [-0.2, 0) is 0 Å². The van der Waals surface area contributed by atoms with Crippen LogP contribution in [0.5, 0.6) is 5.75 Å². The summed E-state index contributed by atoms with van der Waals surface area (Å²) < 4.78 is 5.59. The number of nitriles is 2. The average molecular weight is 343 g/mol. The van der Waals surface area contributed by atoms with Crippen molar-refractivity contribution in [2.75, 3.05) is 0 Å². The molecule has 0 spiro atoms. The zero-order valence-corrected chi connectivity index (χ0v) is 10.8. The Labute approximate surface area is 111 Å². The molecule has 0 radical (unpaired) electrons. The summed E-state index contributed by atoms with van der Waals surface area (Å²) in [6.07, 6.45) is -0.796. The molecule has 0 aliphatic rings. The molecule has 0 amide bonds. The summed E-state index contributed by atoms with van der Waals surface area (Å²) in [6.45, 7) is 1.48. The standard InChI is InChI=1S/C10H6IN3O3/c1-6(4-12)17-10-8(11)2-7(5-13)3-9(10)14(15)16/h2-3,6H,1H3. The van der Waals surface area contributed by atoms with E-state index in [0.717, 1.165) is 6.07 Å². The van der Waals surface area contributed by atoms with E-state index in [0.29, 0.717) is 3.57 Å². The van der Waals surface area contributed by atoms with Gasteiger partial charge in [0.2, 0.25) is 5.75 Å². The fourth-order valence-corrected chi connectivity index (χ4v) is 1.84. The SMILES string of the molecule is CC(C#N)Oc1c(I)cc(C#N)cc1[N+](=O)[O-]. The van der Waals surface area contributed by atoms with E-state index in [9.17, 15) is 10.1 Å². The Bertz CT molecular complexity index is 545. The molecule has 1 aromatic rings. The van der Waals surface area contributed by atoms with E-state index in [-0.39, 0.29) is 17.0 Å². The minimum atomic E-state index is -0.796. The van der Waals surface area contributed by atoms with Crippen LogP contribution < -0.4 is 4.74 Å². The minimum absolute atomic E-state index is 0.0173. The molecule has 6 nitrogen and oxygen atoms in total. The highest BCUT2D eigenvalue weighted by molar-refractivity contribution is 14.1. The lowest BCUT2D eigenvalue weighted by Gasteiger charge is -2.10. The first-order valence-electron chi connectivity index (χ1n) is 4.44. The Kier molecular flexibility index (Phi) is 4.24. The number of hydrogen-bond donors (Lipinski definition) is 0. The second-order valence-electron chi connectivity index (χ2n) is 3.06. The molecule has 1 atom stereocenters. The largest absolute Gasteiger partial charge is 0.468 e. The molecule has 17 heavy (non-hydrogen) atoms. The van der Waals surface area contributed by atoms with E-state index >= 15 is 0 Å². The van der Waals surface area contributed by atoms with Gasteiger partial charge in [0.05, 0.1) is 20.1 Å². The number of hydrogen-bond acceptors (Lipinski definition) is 5. The Balaban J connectivity index is 3.34. The van der Waals surface area contributed by atoms with Gasteiger partial charge in [0.1, 0.15) is 6.07 Å². The molecule has 0 aromatic heterocycles. The van der Waals surface area contributed by atoms with Gasteiger partial charge < -0.3 is 4.74 Å². The van der Waals surface area contributed by atoms with E-state index in [1.807, 2.05) is 34.7 Å². The fraction of sp³-hybridized carbons (Fsp3) is 0.200. The number of benzene rings is 1. The normalized spacial score (nSPS) is 11.1. The topological polar surface area (TPSA) is 99.9 Å². The maximum Gasteiger partial charge on any atom is 0.313 e. The molecule has 1 unspecified atom stereocenters. The van der Waals surface area contributed by atoms with Crippen LogP contribution in [-0.4, -0.2) is 11.0 Å². The predicted octanol–water partition coefficient (Wildman–Crippen LogP) is 2.36. The summed E-state index contributed by atoms with van der Waals surface area (Å²) in [4.78, 5) is 10.2. The molecule has 0 saturated heterocycles. The lowest BCUT2D eigenvalue weighted by atomic mass is 10.2. The Morgan fingerprint density at radius 2 is 2.18 bits per heavy atom. The van der Waals surface area contributed by atoms with Crippen LogP contribution in [0.1, 0.15) is 12.5 Å². The molecule has 1 rings (SSSR count). The first-order valence-corrected chi connectivity index (χ1v) is 5.51. The quantitative estimate of drug-likeness (QED) is 0.476. The number of nitro groups is 1. The van der Waals surface area contributed by atoms with Crippen LogP contribution in [0, 0.1) is 36.3 Å². The summed E-state index contributed by atoms with van der Waals surface area (Å²) in [5.41, 5.74) is -0.131. The highest BCUT2D eigenvalue weighted by Gasteiger charge is 2.22. The van der Waals surface area contributed by atoms with Gasteiger partial charge in [-0.1, -0.05) is 0 Å². The molecule has 0 fully saturated rings. The van der Waals surface area contributed by atoms with E-state index in [1.165, 1.54) is 13.0 Å². The smallest absolute Gasteiger partial charge is 0.313 e. The van der Waals surface area contributed by atoms with Crippen LogP contribution in [0.2, 0.25) is 0 Å². The molecule has 0 bridgehead atoms. The fourth-order valence-electron chi connectivity index (χ4n) is 1.10. The number of rotatable bonds is 3. The molecule has 1 aromatic carbocycles. The highest BCUT2D eigenvalue weighted by atomic mass is 127. The molecule has 0 N–H and O–H groups in total. The summed E-state index contributed by atoms with van der Waals surface area (Å²) in [5, 5.41) is 28.2. The third kappa shape index (κ3) is 3.04. The summed E-state index contributed by atoms with van der Waals surface area (Å²) in [5.74, 6) is 0.0173. The van der Waals surface area contributed by atoms with Crippen molar-refractivity contribution in [2.24, 2.45) is 0 Å². The molecule has 0 heterocycles. The molecular weight excluding hydrogens is 337 g/mol. The van der Waals surface area contributed by atoms with E-state index in [4.69, 9.17) is 15.3 Å². The van der Waals surface area contributed by atoms with Gasteiger partial charge in [-0.25, -0.2) is 0 Å². The van der Waals surface area contributed by atoms with Gasteiger partial charge in [-0.2, -0.15) is 10.5 Å². The Hall–Kier alpha value is -1.87. The van der Waals surface area contributed by atoms with Gasteiger partial charge in [-0.3, -0.25) is 10.1 Å². The van der Waals surface area contributed by atoms with E-state index in [1.54, 1.807) is 0 Å². The van der Waals surface area contributed by atoms with Crippen molar-refractivity contribution in [1.82, 2.24) is 0 Å². The zero-order chi connectivity index (χ0) is 13.0. The molecule has 86 valence electrons. The van der Waals surface area contributed by atoms with Crippen molar-refractivity contribution in [3.63, 3.8) is 0 Å². The second-order valence-corrected chi connectivity index (χ2v) is 4.23. The number of nitro benzene ring substituents is 1. The maximum absolute atomic E-state index is 10.8. The average Bonchev–Trinajstić information content (AvgIpc) is 2.30. The molecule has 0 aliphatic heterocycles. The van der Waals surface area contributed by atoms with Gasteiger partial charge in [0, 0.05) is 6.07 Å². The first-order chi connectivity index (χ1) is 7.99. The third-order valence-electron chi connectivity index (χ3n) is 1.83. The predicted molar refractivity (Wildman–Crippen MR) is 66.2 cm³/mol. The van der Waals surface area contributed by atoms with Gasteiger partial charge in [-0.05, 0) is 35.6 Å². The van der Waals surface area contributed by atoms with Crippen molar-refractivity contribution in [2.45, 2.75) is 13.0 Å². The number of nitrogens with zero attached hydrogens (tertiary/aromatic N) is 3. The van der Waals surface area contributed by atoms with Crippen LogP contribution in [0.3, 0.4) is 0 Å². The van der Waals surface area contributed by atoms with Crippen LogP contribution in [0.25, 0.3) is 0 Å². The van der Waals surface area contributed by atoms with Gasteiger partial charge in [0.15, 0.2) is 6.10 Å². The summed E-state index contributed by atoms with van der Waals surface area (Å²) in [7, 11) is 0. The number of ether oxygens (including phenoxy) is 1. The highest BCUT2D eigenvalue weighted by Crippen LogP contribution is 2.34. The van der Waals surface area contributed by atoms with Crippen molar-refractivity contribution < 1.29 is 9.66 Å². The van der Waals surface area contributed by atoms with Gasteiger partial charge in [0.25, 0.3) is 0 Å². The maximum atomic E-state index is 10.8.